The van der Waals surface area contributed by atoms with Gasteiger partial charge in [-0.3, -0.25) is 4.79 Å². The van der Waals surface area contributed by atoms with Crippen molar-refractivity contribution in [1.29, 1.82) is 0 Å². The first-order chi connectivity index (χ1) is 10.2. The van der Waals surface area contributed by atoms with E-state index in [4.69, 9.17) is 5.11 Å². The minimum absolute atomic E-state index is 0.291. The summed E-state index contributed by atoms with van der Waals surface area (Å²) in [5, 5.41) is 18.3. The van der Waals surface area contributed by atoms with Crippen LogP contribution in [0.15, 0.2) is 11.8 Å². The minimum atomic E-state index is -0.697. The van der Waals surface area contributed by atoms with Gasteiger partial charge in [0.25, 0.3) is 0 Å². The van der Waals surface area contributed by atoms with Gasteiger partial charge in [0.15, 0.2) is 0 Å². The third-order valence-corrected chi connectivity index (χ3v) is 3.76. The molecule has 0 rings (SSSR count). The maximum absolute atomic E-state index is 10.3. The van der Waals surface area contributed by atoms with E-state index in [9.17, 15) is 9.90 Å². The highest BCUT2D eigenvalue weighted by molar-refractivity contribution is 5.66. The van der Waals surface area contributed by atoms with Gasteiger partial charge in [0.1, 0.15) is 0 Å². The van der Waals surface area contributed by atoms with E-state index in [1.54, 1.807) is 0 Å². The number of aliphatic hydroxyl groups excluding tert-OH is 1. The van der Waals surface area contributed by atoms with Crippen LogP contribution in [0.5, 0.6) is 0 Å². The standard InChI is InChI=1S/C18H34O3/c1-2-3-4-5-8-11-14-17(19)15-12-9-6-7-10-13-16-18(20)21/h15,19H,2-14,16H2,1H3,(H,20,21). The van der Waals surface area contributed by atoms with Crippen molar-refractivity contribution in [2.75, 3.05) is 0 Å². The highest BCUT2D eigenvalue weighted by Crippen LogP contribution is 2.12. The van der Waals surface area contributed by atoms with Gasteiger partial charge >= 0.3 is 5.97 Å². The SMILES string of the molecule is CCCCCCCCC(O)=CCCCCCCCC(=O)O. The number of carbonyl (C=O) groups is 1. The smallest absolute Gasteiger partial charge is 0.303 e. The molecule has 0 bridgehead atoms. The molecule has 3 nitrogen and oxygen atoms in total. The van der Waals surface area contributed by atoms with Gasteiger partial charge in [0.05, 0.1) is 5.76 Å². The molecule has 0 saturated heterocycles. The monoisotopic (exact) mass is 298 g/mol. The van der Waals surface area contributed by atoms with Crippen LogP contribution in [0.4, 0.5) is 0 Å². The second kappa shape index (κ2) is 15.4. The van der Waals surface area contributed by atoms with Crippen LogP contribution in [0.1, 0.15) is 96.8 Å². The van der Waals surface area contributed by atoms with Crippen molar-refractivity contribution >= 4 is 5.97 Å². The number of carboxylic acids is 1. The Balaban J connectivity index is 3.29. The Hall–Kier alpha value is -0.990. The molecule has 0 spiro atoms. The van der Waals surface area contributed by atoms with E-state index in [0.29, 0.717) is 12.2 Å². The lowest BCUT2D eigenvalue weighted by Crippen LogP contribution is -1.93. The Labute approximate surface area is 130 Å². The van der Waals surface area contributed by atoms with Crippen LogP contribution in [0.3, 0.4) is 0 Å². The van der Waals surface area contributed by atoms with Crippen molar-refractivity contribution in [1.82, 2.24) is 0 Å². The van der Waals surface area contributed by atoms with Gasteiger partial charge in [-0.2, -0.15) is 0 Å². The number of hydrogen-bond donors (Lipinski definition) is 2. The Bertz CT molecular complexity index is 272. The average Bonchev–Trinajstić information content (AvgIpc) is 2.45. The molecule has 0 aliphatic carbocycles. The van der Waals surface area contributed by atoms with Gasteiger partial charge in [-0.05, 0) is 31.8 Å². The lowest BCUT2D eigenvalue weighted by Gasteiger charge is -2.02. The molecule has 0 aliphatic heterocycles. The Morgan fingerprint density at radius 3 is 1.90 bits per heavy atom. The molecule has 0 heterocycles. The van der Waals surface area contributed by atoms with Crippen LogP contribution in [0, 0.1) is 0 Å². The van der Waals surface area contributed by atoms with Gasteiger partial charge in [0, 0.05) is 12.8 Å². The molecule has 0 amide bonds. The fraction of sp³-hybridized carbons (Fsp3) is 0.833. The Morgan fingerprint density at radius 2 is 1.29 bits per heavy atom. The molecule has 0 aromatic heterocycles. The van der Waals surface area contributed by atoms with E-state index in [-0.39, 0.29) is 0 Å². The van der Waals surface area contributed by atoms with Crippen molar-refractivity contribution in [2.45, 2.75) is 96.8 Å². The number of unbranched alkanes of at least 4 members (excludes halogenated alkanes) is 10. The number of rotatable bonds is 15. The first kappa shape index (κ1) is 20.0. The molecule has 0 aliphatic rings. The fourth-order valence-corrected chi connectivity index (χ4v) is 2.41. The lowest BCUT2D eigenvalue weighted by atomic mass is 10.1. The summed E-state index contributed by atoms with van der Waals surface area (Å²) >= 11 is 0. The number of aliphatic carboxylic acids is 1. The average molecular weight is 298 g/mol. The quantitative estimate of drug-likeness (QED) is 0.288. The van der Waals surface area contributed by atoms with E-state index in [1.807, 2.05) is 6.08 Å². The van der Waals surface area contributed by atoms with Crippen molar-refractivity contribution in [2.24, 2.45) is 0 Å². The largest absolute Gasteiger partial charge is 0.513 e. The zero-order valence-corrected chi connectivity index (χ0v) is 13.8. The Kier molecular flexibility index (Phi) is 14.7. The predicted molar refractivity (Wildman–Crippen MR) is 88.7 cm³/mol. The third-order valence-electron chi connectivity index (χ3n) is 3.76. The van der Waals surface area contributed by atoms with Crippen LogP contribution in [0.25, 0.3) is 0 Å². The first-order valence-corrected chi connectivity index (χ1v) is 8.76. The van der Waals surface area contributed by atoms with E-state index >= 15 is 0 Å². The summed E-state index contributed by atoms with van der Waals surface area (Å²) in [4.78, 5) is 10.3. The summed E-state index contributed by atoms with van der Waals surface area (Å²) in [6.45, 7) is 2.22. The summed E-state index contributed by atoms with van der Waals surface area (Å²) in [6, 6.07) is 0. The van der Waals surface area contributed by atoms with Gasteiger partial charge in [-0.25, -0.2) is 0 Å². The molecule has 0 radical (unpaired) electrons. The van der Waals surface area contributed by atoms with Crippen molar-refractivity contribution in [3.63, 3.8) is 0 Å². The van der Waals surface area contributed by atoms with E-state index in [0.717, 1.165) is 51.4 Å². The second-order valence-corrected chi connectivity index (χ2v) is 5.91. The van der Waals surface area contributed by atoms with Crippen molar-refractivity contribution in [3.8, 4) is 0 Å². The first-order valence-electron chi connectivity index (χ1n) is 8.76. The zero-order valence-electron chi connectivity index (χ0n) is 13.8. The lowest BCUT2D eigenvalue weighted by molar-refractivity contribution is -0.137. The molecule has 0 aromatic rings. The van der Waals surface area contributed by atoms with E-state index < -0.39 is 5.97 Å². The fourth-order valence-electron chi connectivity index (χ4n) is 2.41. The number of carboxylic acid groups (broad SMARTS) is 1. The molecule has 0 aromatic carbocycles. The summed E-state index contributed by atoms with van der Waals surface area (Å²) in [5.74, 6) is -0.145. The molecule has 0 atom stereocenters. The molecular formula is C18H34O3. The van der Waals surface area contributed by atoms with Crippen LogP contribution >= 0.6 is 0 Å². The molecular weight excluding hydrogens is 264 g/mol. The summed E-state index contributed by atoms with van der Waals surface area (Å²) in [5.41, 5.74) is 0. The van der Waals surface area contributed by atoms with E-state index in [1.165, 1.54) is 32.1 Å². The number of aliphatic hydroxyl groups is 1. The van der Waals surface area contributed by atoms with Gasteiger partial charge in [-0.1, -0.05) is 58.3 Å². The molecule has 124 valence electrons. The predicted octanol–water partition coefficient (Wildman–Crippen LogP) is 5.99. The second-order valence-electron chi connectivity index (χ2n) is 5.91. The number of allylic oxidation sites excluding steroid dienone is 2. The van der Waals surface area contributed by atoms with Crippen molar-refractivity contribution < 1.29 is 15.0 Å². The summed E-state index contributed by atoms with van der Waals surface area (Å²) < 4.78 is 0. The van der Waals surface area contributed by atoms with Crippen LogP contribution in [0.2, 0.25) is 0 Å². The van der Waals surface area contributed by atoms with Crippen LogP contribution < -0.4 is 0 Å². The van der Waals surface area contributed by atoms with Crippen molar-refractivity contribution in [3.05, 3.63) is 11.8 Å². The molecule has 2 N–H and O–H groups in total. The molecule has 0 saturated carbocycles. The zero-order chi connectivity index (χ0) is 15.8. The maximum atomic E-state index is 10.3. The van der Waals surface area contributed by atoms with Crippen LogP contribution in [-0.2, 0) is 4.79 Å². The number of hydrogen-bond acceptors (Lipinski definition) is 2. The molecule has 0 unspecified atom stereocenters. The molecule has 21 heavy (non-hydrogen) atoms. The van der Waals surface area contributed by atoms with Gasteiger partial charge in [0.2, 0.25) is 0 Å². The Morgan fingerprint density at radius 1 is 0.762 bits per heavy atom. The molecule has 3 heteroatoms. The summed E-state index contributed by atoms with van der Waals surface area (Å²) in [7, 11) is 0. The van der Waals surface area contributed by atoms with E-state index in [2.05, 4.69) is 6.92 Å². The normalized spacial score (nSPS) is 11.8. The minimum Gasteiger partial charge on any atom is -0.513 e. The summed E-state index contributed by atoms with van der Waals surface area (Å²) in [6.07, 6.45) is 16.7. The topological polar surface area (TPSA) is 57.5 Å². The van der Waals surface area contributed by atoms with Gasteiger partial charge in [-0.15, -0.1) is 0 Å². The highest BCUT2D eigenvalue weighted by atomic mass is 16.4. The van der Waals surface area contributed by atoms with Gasteiger partial charge < -0.3 is 10.2 Å². The van der Waals surface area contributed by atoms with Crippen LogP contribution in [-0.4, -0.2) is 16.2 Å². The highest BCUT2D eigenvalue weighted by Gasteiger charge is 1.97. The molecule has 0 fully saturated rings. The third kappa shape index (κ3) is 17.0. The maximum Gasteiger partial charge on any atom is 0.303 e.